The highest BCUT2D eigenvalue weighted by molar-refractivity contribution is 5.90. The molecule has 2 rings (SSSR count). The summed E-state index contributed by atoms with van der Waals surface area (Å²) in [6.45, 7) is 5.35. The van der Waals surface area contributed by atoms with Crippen molar-refractivity contribution in [2.45, 2.75) is 33.2 Å². The zero-order valence-electron chi connectivity index (χ0n) is 13.8. The van der Waals surface area contributed by atoms with Gasteiger partial charge in [0.05, 0.1) is 11.1 Å². The topological polar surface area (TPSA) is 94.2 Å². The third-order valence-electron chi connectivity index (χ3n) is 3.68. The Balaban J connectivity index is 2.13. The molecular formula is C17H19N3O4. The van der Waals surface area contributed by atoms with Gasteiger partial charge in [0.15, 0.2) is 0 Å². The van der Waals surface area contributed by atoms with Gasteiger partial charge >= 0.3 is 0 Å². The predicted octanol–water partition coefficient (Wildman–Crippen LogP) is 2.83. The molecule has 0 aliphatic carbocycles. The molecule has 0 atom stereocenters. The van der Waals surface area contributed by atoms with Crippen LogP contribution in [0, 0.1) is 17.0 Å². The van der Waals surface area contributed by atoms with Crippen LogP contribution in [0.1, 0.15) is 30.9 Å². The fourth-order valence-corrected chi connectivity index (χ4v) is 2.28. The van der Waals surface area contributed by atoms with Crippen LogP contribution in [-0.2, 0) is 11.3 Å². The number of pyridine rings is 1. The van der Waals surface area contributed by atoms with Gasteiger partial charge in [-0.15, -0.1) is 0 Å². The molecule has 0 aliphatic heterocycles. The molecule has 24 heavy (non-hydrogen) atoms. The maximum absolute atomic E-state index is 12.1. The Kier molecular flexibility index (Phi) is 5.13. The van der Waals surface area contributed by atoms with Gasteiger partial charge in [-0.05, 0) is 30.5 Å². The van der Waals surface area contributed by atoms with Crippen LogP contribution in [0.4, 0.5) is 11.4 Å². The summed E-state index contributed by atoms with van der Waals surface area (Å²) >= 11 is 0. The predicted molar refractivity (Wildman–Crippen MR) is 91.3 cm³/mol. The van der Waals surface area contributed by atoms with Gasteiger partial charge in [0.25, 0.3) is 11.2 Å². The molecule has 7 nitrogen and oxygen atoms in total. The molecule has 1 heterocycles. The molecule has 1 amide bonds. The van der Waals surface area contributed by atoms with Gasteiger partial charge in [0, 0.05) is 17.3 Å². The van der Waals surface area contributed by atoms with Crippen LogP contribution in [0.25, 0.3) is 0 Å². The van der Waals surface area contributed by atoms with Crippen molar-refractivity contribution in [3.63, 3.8) is 0 Å². The quantitative estimate of drug-likeness (QED) is 0.674. The lowest BCUT2D eigenvalue weighted by Crippen LogP contribution is -2.27. The number of carbonyl (C=O) groups excluding carboxylic acids is 1. The lowest BCUT2D eigenvalue weighted by molar-refractivity contribution is -0.385. The van der Waals surface area contributed by atoms with E-state index in [-0.39, 0.29) is 17.8 Å². The maximum atomic E-state index is 12.1. The van der Waals surface area contributed by atoms with Gasteiger partial charge in [-0.25, -0.2) is 0 Å². The molecule has 2 aromatic rings. The second-order valence-corrected chi connectivity index (χ2v) is 5.89. The Bertz CT molecular complexity index is 823. The summed E-state index contributed by atoms with van der Waals surface area (Å²) in [5.74, 6) is -0.0333. The van der Waals surface area contributed by atoms with Crippen molar-refractivity contribution < 1.29 is 9.72 Å². The molecule has 0 saturated carbocycles. The Hall–Kier alpha value is -2.96. The van der Waals surface area contributed by atoms with E-state index in [1.54, 1.807) is 12.1 Å². The molecule has 0 unspecified atom stereocenters. The molecule has 1 aromatic heterocycles. The minimum absolute atomic E-state index is 0.191. The second-order valence-electron chi connectivity index (χ2n) is 5.89. The third kappa shape index (κ3) is 4.07. The van der Waals surface area contributed by atoms with Gasteiger partial charge in [0.2, 0.25) is 5.91 Å². The highest BCUT2D eigenvalue weighted by Gasteiger charge is 2.15. The first-order valence-electron chi connectivity index (χ1n) is 7.53. The highest BCUT2D eigenvalue weighted by atomic mass is 16.6. The van der Waals surface area contributed by atoms with Crippen LogP contribution >= 0.6 is 0 Å². The van der Waals surface area contributed by atoms with Crippen LogP contribution in [0.3, 0.4) is 0 Å². The summed E-state index contributed by atoms with van der Waals surface area (Å²) in [4.78, 5) is 34.3. The first-order valence-corrected chi connectivity index (χ1v) is 7.53. The number of aromatic nitrogens is 1. The zero-order valence-corrected chi connectivity index (χ0v) is 13.8. The van der Waals surface area contributed by atoms with Gasteiger partial charge < -0.3 is 5.32 Å². The number of anilines is 1. The second kappa shape index (κ2) is 7.08. The molecule has 0 spiro atoms. The summed E-state index contributed by atoms with van der Waals surface area (Å²) in [7, 11) is 0. The number of nitrogens with one attached hydrogen (secondary N) is 1. The number of aryl methyl sites for hydroxylation is 1. The highest BCUT2D eigenvalue weighted by Crippen LogP contribution is 2.17. The van der Waals surface area contributed by atoms with E-state index in [2.05, 4.69) is 19.2 Å². The van der Waals surface area contributed by atoms with Crippen LogP contribution < -0.4 is 10.9 Å². The summed E-state index contributed by atoms with van der Waals surface area (Å²) in [5, 5.41) is 13.6. The molecule has 1 aromatic carbocycles. The van der Waals surface area contributed by atoms with Crippen LogP contribution in [0.2, 0.25) is 0 Å². The molecule has 0 saturated heterocycles. The lowest BCUT2D eigenvalue weighted by atomic mass is 10.0. The maximum Gasteiger partial charge on any atom is 0.288 e. The van der Waals surface area contributed by atoms with E-state index in [9.17, 15) is 19.7 Å². The largest absolute Gasteiger partial charge is 0.325 e. The van der Waals surface area contributed by atoms with E-state index in [1.165, 1.54) is 6.92 Å². The first-order chi connectivity index (χ1) is 11.3. The normalized spacial score (nSPS) is 10.7. The van der Waals surface area contributed by atoms with Crippen LogP contribution in [-0.4, -0.2) is 15.4 Å². The minimum atomic E-state index is -0.576. The van der Waals surface area contributed by atoms with Crippen molar-refractivity contribution in [1.29, 1.82) is 0 Å². The lowest BCUT2D eigenvalue weighted by Gasteiger charge is -2.10. The van der Waals surface area contributed by atoms with Crippen molar-refractivity contribution >= 4 is 17.3 Å². The summed E-state index contributed by atoms with van der Waals surface area (Å²) in [6.07, 6.45) is 1.10. The van der Waals surface area contributed by atoms with Crippen molar-refractivity contribution in [2.75, 3.05) is 5.32 Å². The van der Waals surface area contributed by atoms with Crippen LogP contribution in [0.15, 0.2) is 41.3 Å². The van der Waals surface area contributed by atoms with Gasteiger partial charge in [0.1, 0.15) is 6.54 Å². The van der Waals surface area contributed by atoms with Crippen molar-refractivity contribution in [1.82, 2.24) is 4.57 Å². The Morgan fingerprint density at radius 1 is 1.29 bits per heavy atom. The summed E-state index contributed by atoms with van der Waals surface area (Å²) < 4.78 is 1.03. The van der Waals surface area contributed by atoms with Crippen LogP contribution in [0.5, 0.6) is 0 Å². The molecular weight excluding hydrogens is 310 g/mol. The fraction of sp³-hybridized carbons (Fsp3) is 0.294. The van der Waals surface area contributed by atoms with Gasteiger partial charge in [-0.1, -0.05) is 26.0 Å². The van der Waals surface area contributed by atoms with E-state index in [0.29, 0.717) is 11.6 Å². The van der Waals surface area contributed by atoms with Crippen molar-refractivity contribution in [3.05, 3.63) is 68.1 Å². The number of amides is 1. The fourth-order valence-electron chi connectivity index (χ4n) is 2.28. The number of nitrogens with zero attached hydrogens (tertiary/aromatic N) is 2. The molecule has 0 aliphatic rings. The smallest absolute Gasteiger partial charge is 0.288 e. The van der Waals surface area contributed by atoms with E-state index < -0.39 is 16.4 Å². The summed E-state index contributed by atoms with van der Waals surface area (Å²) in [5.41, 5.74) is 1.38. The third-order valence-corrected chi connectivity index (χ3v) is 3.68. The van der Waals surface area contributed by atoms with Gasteiger partial charge in [-0.2, -0.15) is 0 Å². The van der Waals surface area contributed by atoms with E-state index >= 15 is 0 Å². The standard InChI is InChI=1S/C17H19N3O4/c1-11(2)13-4-6-14(7-5-13)18-16(21)10-19-9-15(20(23)24)12(3)8-17(19)22/h4-9,11H,10H2,1-3H3,(H,18,21). The molecule has 0 bridgehead atoms. The number of hydrogen-bond donors (Lipinski definition) is 1. The number of hydrogen-bond acceptors (Lipinski definition) is 4. The van der Waals surface area contributed by atoms with E-state index in [1.807, 2.05) is 12.1 Å². The Labute approximate surface area is 139 Å². The Morgan fingerprint density at radius 3 is 2.46 bits per heavy atom. The first kappa shape index (κ1) is 17.4. The number of nitro groups is 1. The molecule has 0 radical (unpaired) electrons. The zero-order chi connectivity index (χ0) is 17.9. The average Bonchev–Trinajstić information content (AvgIpc) is 2.50. The SMILES string of the molecule is Cc1cc(=O)n(CC(=O)Nc2ccc(C(C)C)cc2)cc1[N+](=O)[O-]. The number of carbonyl (C=O) groups is 1. The van der Waals surface area contributed by atoms with Crippen molar-refractivity contribution in [2.24, 2.45) is 0 Å². The molecule has 126 valence electrons. The number of rotatable bonds is 5. The average molecular weight is 329 g/mol. The van der Waals surface area contributed by atoms with Gasteiger partial charge in [-0.3, -0.25) is 24.3 Å². The minimum Gasteiger partial charge on any atom is -0.325 e. The summed E-state index contributed by atoms with van der Waals surface area (Å²) in [6, 6.07) is 8.57. The Morgan fingerprint density at radius 2 is 1.92 bits per heavy atom. The van der Waals surface area contributed by atoms with E-state index in [4.69, 9.17) is 0 Å². The van der Waals surface area contributed by atoms with E-state index in [0.717, 1.165) is 22.4 Å². The molecule has 7 heteroatoms. The number of benzene rings is 1. The molecule has 0 fully saturated rings. The molecule has 1 N–H and O–H groups in total. The monoisotopic (exact) mass is 329 g/mol. The van der Waals surface area contributed by atoms with Crippen molar-refractivity contribution in [3.8, 4) is 0 Å².